The summed E-state index contributed by atoms with van der Waals surface area (Å²) in [4.78, 5) is 66.9. The van der Waals surface area contributed by atoms with E-state index in [0.29, 0.717) is 13.0 Å². The molecule has 5 amide bonds. The van der Waals surface area contributed by atoms with Crippen molar-refractivity contribution in [1.29, 1.82) is 0 Å². The zero-order valence-electron chi connectivity index (χ0n) is 15.1. The Morgan fingerprint density at radius 2 is 2.07 bits per heavy atom. The molecule has 1 aromatic carbocycles. The van der Waals surface area contributed by atoms with Gasteiger partial charge in [0, 0.05) is 24.8 Å². The van der Waals surface area contributed by atoms with E-state index in [2.05, 4.69) is 15.6 Å². The second kappa shape index (κ2) is 7.55. The third kappa shape index (κ3) is 3.42. The Hall–Kier alpha value is -3.40. The van der Waals surface area contributed by atoms with Crippen LogP contribution in [0.15, 0.2) is 29.1 Å². The van der Waals surface area contributed by atoms with Crippen LogP contribution in [0.2, 0.25) is 0 Å². The van der Waals surface area contributed by atoms with E-state index in [9.17, 15) is 24.0 Å². The van der Waals surface area contributed by atoms with E-state index in [0.717, 1.165) is 10.6 Å². The van der Waals surface area contributed by atoms with Crippen molar-refractivity contribution in [2.45, 2.75) is 25.3 Å². The average molecular weight is 412 g/mol. The monoisotopic (exact) mass is 412 g/mol. The number of imide groups is 2. The maximum Gasteiger partial charge on any atom is 0.263 e. The van der Waals surface area contributed by atoms with Crippen molar-refractivity contribution in [1.82, 2.24) is 20.5 Å². The van der Waals surface area contributed by atoms with Gasteiger partial charge in [0.15, 0.2) is 0 Å². The molecule has 4 rings (SSSR count). The minimum Gasteiger partial charge on any atom is -0.352 e. The summed E-state index contributed by atoms with van der Waals surface area (Å²) in [5.41, 5.74) is 2.69. The summed E-state index contributed by atoms with van der Waals surface area (Å²) in [5.74, 6) is -2.96. The molecule has 1 atom stereocenters. The van der Waals surface area contributed by atoms with E-state index in [1.165, 1.54) is 29.5 Å². The highest BCUT2D eigenvalue weighted by Crippen LogP contribution is 2.29. The lowest BCUT2D eigenvalue weighted by atomic mass is 10.0. The minimum atomic E-state index is -1.07. The molecule has 2 aromatic rings. The number of nitrogens with zero attached hydrogens (tertiary/aromatic N) is 2. The minimum absolute atomic E-state index is 0.0200. The van der Waals surface area contributed by atoms with Crippen LogP contribution >= 0.6 is 11.3 Å². The van der Waals surface area contributed by atoms with Crippen LogP contribution < -0.4 is 10.6 Å². The molecular weight excluding hydrogens is 396 g/mol. The van der Waals surface area contributed by atoms with Crippen molar-refractivity contribution in [3.05, 3.63) is 51.5 Å². The zero-order chi connectivity index (χ0) is 20.5. The number of benzene rings is 1. The Kier molecular flexibility index (Phi) is 4.93. The molecule has 0 radical (unpaired) electrons. The van der Waals surface area contributed by atoms with E-state index < -0.39 is 35.6 Å². The summed E-state index contributed by atoms with van der Waals surface area (Å²) < 4.78 is 0. The first-order valence-electron chi connectivity index (χ1n) is 8.97. The van der Waals surface area contributed by atoms with Gasteiger partial charge in [0.25, 0.3) is 17.7 Å². The second-order valence-corrected chi connectivity index (χ2v) is 7.38. The van der Waals surface area contributed by atoms with E-state index in [4.69, 9.17) is 0 Å². The number of aromatic nitrogens is 1. The smallest absolute Gasteiger partial charge is 0.263 e. The molecule has 148 valence electrons. The van der Waals surface area contributed by atoms with Gasteiger partial charge in [-0.15, -0.1) is 11.3 Å². The SMILES string of the molecule is O=C1CCC(N2C(=O)c3cccc(C(=O)NCCc4cscn4)c3C2=O)C(=O)N1. The fraction of sp³-hybridized carbons (Fsp3) is 0.263. The summed E-state index contributed by atoms with van der Waals surface area (Å²) in [6.45, 7) is 0.325. The molecule has 0 saturated carbocycles. The first-order chi connectivity index (χ1) is 14.0. The number of amides is 5. The Bertz CT molecular complexity index is 1030. The standard InChI is InChI=1S/C19H16N4O5S/c24-14-5-4-13(17(26)22-14)23-18(27)12-3-1-2-11(15(12)19(23)28)16(25)20-7-6-10-8-29-9-21-10/h1-3,8-9,13H,4-7H2,(H,20,25)(H,22,24,26). The molecule has 1 fully saturated rings. The Labute approximate surface area is 169 Å². The van der Waals surface area contributed by atoms with Crippen LogP contribution in [0.1, 0.15) is 49.6 Å². The predicted octanol–water partition coefficient (Wildman–Crippen LogP) is 0.517. The van der Waals surface area contributed by atoms with Crippen molar-refractivity contribution in [3.8, 4) is 0 Å². The predicted molar refractivity (Wildman–Crippen MR) is 101 cm³/mol. The zero-order valence-corrected chi connectivity index (χ0v) is 16.0. The highest BCUT2D eigenvalue weighted by Gasteiger charge is 2.46. The van der Waals surface area contributed by atoms with E-state index in [1.54, 1.807) is 5.51 Å². The molecule has 2 N–H and O–H groups in total. The lowest BCUT2D eigenvalue weighted by Gasteiger charge is -2.27. The molecule has 3 heterocycles. The summed E-state index contributed by atoms with van der Waals surface area (Å²) >= 11 is 1.46. The van der Waals surface area contributed by atoms with E-state index >= 15 is 0 Å². The topological polar surface area (TPSA) is 126 Å². The van der Waals surface area contributed by atoms with Crippen LogP contribution in [0.5, 0.6) is 0 Å². The molecule has 1 aromatic heterocycles. The maximum absolute atomic E-state index is 13.0. The summed E-state index contributed by atoms with van der Waals surface area (Å²) in [6, 6.07) is 3.37. The lowest BCUT2D eigenvalue weighted by molar-refractivity contribution is -0.136. The third-order valence-electron chi connectivity index (χ3n) is 4.86. The fourth-order valence-corrected chi connectivity index (χ4v) is 4.06. The summed E-state index contributed by atoms with van der Waals surface area (Å²) in [7, 11) is 0. The van der Waals surface area contributed by atoms with E-state index in [-0.39, 0.29) is 29.5 Å². The molecule has 0 aliphatic carbocycles. The molecule has 1 unspecified atom stereocenters. The largest absolute Gasteiger partial charge is 0.352 e. The van der Waals surface area contributed by atoms with Crippen LogP contribution in [-0.4, -0.2) is 52.0 Å². The summed E-state index contributed by atoms with van der Waals surface area (Å²) in [6.07, 6.45) is 0.638. The van der Waals surface area contributed by atoms with Crippen molar-refractivity contribution < 1.29 is 24.0 Å². The molecule has 0 spiro atoms. The number of nitrogens with one attached hydrogen (secondary N) is 2. The van der Waals surface area contributed by atoms with Crippen molar-refractivity contribution in [2.75, 3.05) is 6.54 Å². The van der Waals surface area contributed by atoms with Gasteiger partial charge in [0.2, 0.25) is 11.8 Å². The molecule has 0 bridgehead atoms. The van der Waals surface area contributed by atoms with Crippen LogP contribution in [0, 0.1) is 0 Å². The van der Waals surface area contributed by atoms with Crippen molar-refractivity contribution in [3.63, 3.8) is 0 Å². The van der Waals surface area contributed by atoms with Crippen LogP contribution in [0.25, 0.3) is 0 Å². The lowest BCUT2D eigenvalue weighted by Crippen LogP contribution is -2.54. The van der Waals surface area contributed by atoms with Gasteiger partial charge in [-0.05, 0) is 18.6 Å². The first-order valence-corrected chi connectivity index (χ1v) is 9.91. The van der Waals surface area contributed by atoms with Crippen molar-refractivity contribution >= 4 is 40.9 Å². The number of piperidine rings is 1. The fourth-order valence-electron chi connectivity index (χ4n) is 3.46. The molecule has 10 heteroatoms. The maximum atomic E-state index is 13.0. The number of rotatable bonds is 5. The summed E-state index contributed by atoms with van der Waals surface area (Å²) in [5, 5.41) is 6.76. The van der Waals surface area contributed by atoms with Gasteiger partial charge in [-0.3, -0.25) is 34.2 Å². The van der Waals surface area contributed by atoms with Gasteiger partial charge >= 0.3 is 0 Å². The number of carbonyl (C=O) groups is 5. The molecule has 29 heavy (non-hydrogen) atoms. The Morgan fingerprint density at radius 1 is 1.24 bits per heavy atom. The number of carbonyl (C=O) groups excluding carboxylic acids is 5. The van der Waals surface area contributed by atoms with Crippen LogP contribution in [0.4, 0.5) is 0 Å². The third-order valence-corrected chi connectivity index (χ3v) is 5.50. The molecule has 2 aliphatic heterocycles. The molecule has 2 aliphatic rings. The highest BCUT2D eigenvalue weighted by atomic mass is 32.1. The highest BCUT2D eigenvalue weighted by molar-refractivity contribution is 7.07. The quantitative estimate of drug-likeness (QED) is 0.690. The van der Waals surface area contributed by atoms with Gasteiger partial charge in [-0.1, -0.05) is 6.07 Å². The molecule has 1 saturated heterocycles. The normalized spacial score (nSPS) is 18.6. The van der Waals surface area contributed by atoms with Gasteiger partial charge in [-0.2, -0.15) is 0 Å². The second-order valence-electron chi connectivity index (χ2n) is 6.66. The number of hydrogen-bond acceptors (Lipinski definition) is 7. The van der Waals surface area contributed by atoms with E-state index in [1.807, 2.05) is 5.38 Å². The Morgan fingerprint density at radius 3 is 2.79 bits per heavy atom. The molecule has 9 nitrogen and oxygen atoms in total. The van der Waals surface area contributed by atoms with Crippen LogP contribution in [0.3, 0.4) is 0 Å². The van der Waals surface area contributed by atoms with Gasteiger partial charge in [-0.25, -0.2) is 4.98 Å². The average Bonchev–Trinajstić information content (AvgIpc) is 3.30. The van der Waals surface area contributed by atoms with Crippen LogP contribution in [-0.2, 0) is 16.0 Å². The first kappa shape index (κ1) is 18.9. The number of fused-ring (bicyclic) bond motifs is 1. The van der Waals surface area contributed by atoms with Gasteiger partial charge in [0.05, 0.1) is 27.9 Å². The Balaban J connectivity index is 1.55. The number of thiazole rings is 1. The van der Waals surface area contributed by atoms with Gasteiger partial charge in [0.1, 0.15) is 6.04 Å². The van der Waals surface area contributed by atoms with Crippen molar-refractivity contribution in [2.24, 2.45) is 0 Å². The molecular formula is C19H16N4O5S. The van der Waals surface area contributed by atoms with Gasteiger partial charge < -0.3 is 5.32 Å². The number of hydrogen-bond donors (Lipinski definition) is 2.